The number of halogens is 2. The molecule has 7 nitrogen and oxygen atoms in total. The lowest BCUT2D eigenvalue weighted by Crippen LogP contribution is -2.52. The molecule has 1 saturated heterocycles. The third-order valence-electron chi connectivity index (χ3n) is 5.23. The van der Waals surface area contributed by atoms with Gasteiger partial charge in [-0.1, -0.05) is 29.3 Å². The van der Waals surface area contributed by atoms with E-state index in [9.17, 15) is 13.2 Å². The molecule has 3 rings (SSSR count). The van der Waals surface area contributed by atoms with E-state index in [1.54, 1.807) is 17.0 Å². The lowest BCUT2D eigenvalue weighted by Gasteiger charge is -2.37. The van der Waals surface area contributed by atoms with Crippen LogP contribution < -0.4 is 13.9 Å². The number of piperazine rings is 1. The summed E-state index contributed by atoms with van der Waals surface area (Å²) in [5.41, 5.74) is 2.39. The van der Waals surface area contributed by atoms with Gasteiger partial charge in [-0.15, -0.1) is 0 Å². The zero-order chi connectivity index (χ0) is 22.8. The first kappa shape index (κ1) is 23.5. The van der Waals surface area contributed by atoms with Crippen molar-refractivity contribution in [1.29, 1.82) is 0 Å². The maximum absolute atomic E-state index is 13.0. The van der Waals surface area contributed by atoms with Crippen LogP contribution in [0.2, 0.25) is 10.0 Å². The molecular weight excluding hydrogens is 461 g/mol. The van der Waals surface area contributed by atoms with Crippen molar-refractivity contribution >= 4 is 50.5 Å². The van der Waals surface area contributed by atoms with Crippen molar-refractivity contribution in [1.82, 2.24) is 4.90 Å². The van der Waals surface area contributed by atoms with Crippen LogP contribution in [0.15, 0.2) is 36.4 Å². The van der Waals surface area contributed by atoms with Crippen molar-refractivity contribution in [2.24, 2.45) is 0 Å². The van der Waals surface area contributed by atoms with Crippen molar-refractivity contribution in [3.63, 3.8) is 0 Å². The Hall–Kier alpha value is -2.16. The molecule has 0 atom stereocenters. The minimum atomic E-state index is -3.74. The highest BCUT2D eigenvalue weighted by molar-refractivity contribution is 7.92. The van der Waals surface area contributed by atoms with Gasteiger partial charge in [-0.05, 0) is 42.8 Å². The molecule has 1 heterocycles. The van der Waals surface area contributed by atoms with Gasteiger partial charge in [0.25, 0.3) is 0 Å². The van der Waals surface area contributed by atoms with E-state index in [1.807, 2.05) is 25.1 Å². The fraction of sp³-hybridized carbons (Fsp3) is 0.381. The largest absolute Gasteiger partial charge is 0.495 e. The van der Waals surface area contributed by atoms with Gasteiger partial charge in [-0.2, -0.15) is 0 Å². The summed E-state index contributed by atoms with van der Waals surface area (Å²) in [7, 11) is -2.31. The Morgan fingerprint density at radius 3 is 2.29 bits per heavy atom. The first-order valence-electron chi connectivity index (χ1n) is 9.70. The molecule has 2 aromatic rings. The summed E-state index contributed by atoms with van der Waals surface area (Å²) in [5.74, 6) is 0.0406. The Balaban J connectivity index is 1.74. The number of anilines is 2. The number of rotatable bonds is 6. The van der Waals surface area contributed by atoms with Crippen molar-refractivity contribution in [3.8, 4) is 5.75 Å². The Bertz CT molecular complexity index is 1070. The minimum absolute atomic E-state index is 0.235. The van der Waals surface area contributed by atoms with Crippen LogP contribution in [0.1, 0.15) is 5.56 Å². The number of nitrogens with zero attached hydrogens (tertiary/aromatic N) is 3. The van der Waals surface area contributed by atoms with Crippen molar-refractivity contribution in [2.45, 2.75) is 6.92 Å². The number of ether oxygens (including phenoxy) is 1. The fourth-order valence-corrected chi connectivity index (χ4v) is 4.76. The van der Waals surface area contributed by atoms with Gasteiger partial charge in [0.05, 0.1) is 19.1 Å². The number of hydrogen-bond donors (Lipinski definition) is 0. The van der Waals surface area contributed by atoms with Crippen molar-refractivity contribution < 1.29 is 17.9 Å². The van der Waals surface area contributed by atoms with Crippen LogP contribution in [0, 0.1) is 6.92 Å². The number of sulfonamides is 1. The molecule has 1 aliphatic rings. The maximum atomic E-state index is 13.0. The fourth-order valence-electron chi connectivity index (χ4n) is 3.58. The van der Waals surface area contributed by atoms with E-state index in [4.69, 9.17) is 27.9 Å². The summed E-state index contributed by atoms with van der Waals surface area (Å²) >= 11 is 12.2. The number of methoxy groups -OCH3 is 1. The standard InChI is InChI=1S/C21H25Cl2N3O4S/c1-15-4-5-16(22)12-18(15)24-8-10-25(11-9-24)21(27)14-26(31(3,28)29)19-13-17(23)6-7-20(19)30-2/h4-7,12-13H,8-11,14H2,1-3H3. The van der Waals surface area contributed by atoms with Gasteiger partial charge in [0.2, 0.25) is 15.9 Å². The average Bonchev–Trinajstić information content (AvgIpc) is 2.73. The van der Waals surface area contributed by atoms with Crippen LogP contribution in [0.3, 0.4) is 0 Å². The molecule has 1 aliphatic heterocycles. The summed E-state index contributed by atoms with van der Waals surface area (Å²) in [6.45, 7) is 3.92. The minimum Gasteiger partial charge on any atom is -0.495 e. The highest BCUT2D eigenvalue weighted by Crippen LogP contribution is 2.33. The average molecular weight is 486 g/mol. The molecule has 1 fully saturated rings. The van der Waals surface area contributed by atoms with E-state index >= 15 is 0 Å². The van der Waals surface area contributed by atoms with Crippen LogP contribution in [0.4, 0.5) is 11.4 Å². The summed E-state index contributed by atoms with van der Waals surface area (Å²) in [6.07, 6.45) is 1.06. The Labute approximate surface area is 193 Å². The molecule has 2 aromatic carbocycles. The highest BCUT2D eigenvalue weighted by Gasteiger charge is 2.28. The number of carbonyl (C=O) groups is 1. The number of hydrogen-bond acceptors (Lipinski definition) is 5. The first-order valence-corrected chi connectivity index (χ1v) is 12.3. The monoisotopic (exact) mass is 485 g/mol. The third-order valence-corrected chi connectivity index (χ3v) is 6.83. The number of carbonyl (C=O) groups excluding carboxylic acids is 1. The molecule has 1 amide bonds. The molecule has 0 aromatic heterocycles. The summed E-state index contributed by atoms with van der Waals surface area (Å²) in [4.78, 5) is 16.8. The van der Waals surface area contributed by atoms with Crippen LogP contribution >= 0.6 is 23.2 Å². The predicted molar refractivity (Wildman–Crippen MR) is 125 cm³/mol. The Morgan fingerprint density at radius 2 is 1.68 bits per heavy atom. The van der Waals surface area contributed by atoms with Gasteiger partial charge >= 0.3 is 0 Å². The molecule has 0 bridgehead atoms. The molecule has 0 unspecified atom stereocenters. The highest BCUT2D eigenvalue weighted by atomic mass is 35.5. The number of amides is 1. The molecule has 0 radical (unpaired) electrons. The lowest BCUT2D eigenvalue weighted by atomic mass is 10.1. The van der Waals surface area contributed by atoms with Gasteiger partial charge in [0, 0.05) is 41.9 Å². The van der Waals surface area contributed by atoms with Gasteiger partial charge in [0.15, 0.2) is 0 Å². The van der Waals surface area contributed by atoms with Crippen molar-refractivity contribution in [2.75, 3.05) is 55.3 Å². The maximum Gasteiger partial charge on any atom is 0.243 e. The topological polar surface area (TPSA) is 70.2 Å². The second-order valence-corrected chi connectivity index (χ2v) is 10.2. The number of aryl methyl sites for hydroxylation is 1. The predicted octanol–water partition coefficient (Wildman–Crippen LogP) is 3.43. The Kier molecular flexibility index (Phi) is 7.24. The van der Waals surface area contributed by atoms with Crippen LogP contribution in [0.5, 0.6) is 5.75 Å². The summed E-state index contributed by atoms with van der Waals surface area (Å²) in [5, 5.41) is 1.01. The SMILES string of the molecule is COc1ccc(Cl)cc1N(CC(=O)N1CCN(c2cc(Cl)ccc2C)CC1)S(C)(=O)=O. The second-order valence-electron chi connectivity index (χ2n) is 7.38. The van der Waals surface area contributed by atoms with E-state index in [-0.39, 0.29) is 18.1 Å². The molecule has 0 spiro atoms. The van der Waals surface area contributed by atoms with E-state index in [0.717, 1.165) is 21.8 Å². The molecule has 10 heteroatoms. The third kappa shape index (κ3) is 5.56. The Morgan fingerprint density at radius 1 is 1.06 bits per heavy atom. The summed E-state index contributed by atoms with van der Waals surface area (Å²) in [6, 6.07) is 10.4. The molecule has 168 valence electrons. The van der Waals surface area contributed by atoms with E-state index in [0.29, 0.717) is 42.0 Å². The molecular formula is C21H25Cl2N3O4S. The summed E-state index contributed by atoms with van der Waals surface area (Å²) < 4.78 is 31.3. The normalized spacial score (nSPS) is 14.5. The lowest BCUT2D eigenvalue weighted by molar-refractivity contribution is -0.129. The number of benzene rings is 2. The van der Waals surface area contributed by atoms with Gasteiger partial charge < -0.3 is 14.5 Å². The van der Waals surface area contributed by atoms with Crippen molar-refractivity contribution in [3.05, 3.63) is 52.0 Å². The molecule has 0 N–H and O–H groups in total. The zero-order valence-electron chi connectivity index (χ0n) is 17.6. The quantitative estimate of drug-likeness (QED) is 0.626. The second kappa shape index (κ2) is 9.54. The van der Waals surface area contributed by atoms with Crippen LogP contribution in [-0.2, 0) is 14.8 Å². The van der Waals surface area contributed by atoms with E-state index in [2.05, 4.69) is 4.90 Å². The van der Waals surface area contributed by atoms with E-state index in [1.165, 1.54) is 13.2 Å². The van der Waals surface area contributed by atoms with Crippen LogP contribution in [0.25, 0.3) is 0 Å². The van der Waals surface area contributed by atoms with Gasteiger partial charge in [-0.25, -0.2) is 8.42 Å². The molecule has 0 saturated carbocycles. The zero-order valence-corrected chi connectivity index (χ0v) is 20.0. The molecule has 31 heavy (non-hydrogen) atoms. The smallest absolute Gasteiger partial charge is 0.243 e. The first-order chi connectivity index (χ1) is 14.6. The van der Waals surface area contributed by atoms with Crippen LogP contribution in [-0.4, -0.2) is 65.3 Å². The van der Waals surface area contributed by atoms with E-state index < -0.39 is 10.0 Å². The van der Waals surface area contributed by atoms with Gasteiger partial charge in [0.1, 0.15) is 12.3 Å². The van der Waals surface area contributed by atoms with Gasteiger partial charge in [-0.3, -0.25) is 9.10 Å². The molecule has 0 aliphatic carbocycles.